The quantitative estimate of drug-likeness (QED) is 0.740. The van der Waals surface area contributed by atoms with Gasteiger partial charge in [0.2, 0.25) is 0 Å². The molecule has 0 aliphatic rings. The number of Topliss-reactive ketones (excluding diaryl/α,β-unsaturated/α-hetero) is 1. The molecule has 1 aromatic carbocycles. The van der Waals surface area contributed by atoms with Gasteiger partial charge in [-0.05, 0) is 31.5 Å². The molecule has 0 heterocycles. The molecule has 0 N–H and O–H groups in total. The number of benzene rings is 1. The molecular weight excluding hydrogens is 204 g/mol. The van der Waals surface area contributed by atoms with Crippen molar-refractivity contribution in [2.45, 2.75) is 26.4 Å². The smallest absolute Gasteiger partial charge is 0.165 e. The van der Waals surface area contributed by atoms with Crippen molar-refractivity contribution in [2.24, 2.45) is 0 Å². The minimum atomic E-state index is -0.327. The molecule has 0 aromatic heterocycles. The largest absolute Gasteiger partial charge is 0.497 e. The summed E-state index contributed by atoms with van der Waals surface area (Å²) < 4.78 is 10.3. The molecule has 3 heteroatoms. The summed E-state index contributed by atoms with van der Waals surface area (Å²) in [4.78, 5) is 11.7. The van der Waals surface area contributed by atoms with Crippen molar-refractivity contribution in [3.63, 3.8) is 0 Å². The lowest BCUT2D eigenvalue weighted by atomic mass is 10.1. The Bertz CT molecular complexity index is 330. The van der Waals surface area contributed by atoms with E-state index in [-0.39, 0.29) is 11.9 Å². The van der Waals surface area contributed by atoms with Crippen LogP contribution in [0.1, 0.15) is 19.4 Å². The second-order valence-electron chi connectivity index (χ2n) is 3.59. The summed E-state index contributed by atoms with van der Waals surface area (Å²) in [6.07, 6.45) is 0.0811. The maximum Gasteiger partial charge on any atom is 0.165 e. The van der Waals surface area contributed by atoms with Gasteiger partial charge in [0.15, 0.2) is 5.78 Å². The fraction of sp³-hybridized carbons (Fsp3) is 0.462. The summed E-state index contributed by atoms with van der Waals surface area (Å²) in [7, 11) is 1.62. The van der Waals surface area contributed by atoms with Crippen molar-refractivity contribution in [2.75, 3.05) is 13.7 Å². The van der Waals surface area contributed by atoms with Gasteiger partial charge in [-0.1, -0.05) is 12.1 Å². The second-order valence-corrected chi connectivity index (χ2v) is 3.59. The Labute approximate surface area is 96.4 Å². The third-order valence-electron chi connectivity index (χ3n) is 2.41. The molecule has 0 aliphatic carbocycles. The van der Waals surface area contributed by atoms with Crippen LogP contribution in [0.25, 0.3) is 0 Å². The van der Waals surface area contributed by atoms with E-state index in [0.29, 0.717) is 13.0 Å². The van der Waals surface area contributed by atoms with E-state index in [9.17, 15) is 4.79 Å². The Balaban J connectivity index is 2.55. The van der Waals surface area contributed by atoms with Crippen molar-refractivity contribution in [3.05, 3.63) is 29.8 Å². The van der Waals surface area contributed by atoms with Crippen molar-refractivity contribution in [1.29, 1.82) is 0 Å². The molecule has 0 spiro atoms. The Morgan fingerprint density at radius 1 is 1.31 bits per heavy atom. The highest BCUT2D eigenvalue weighted by molar-refractivity contribution is 5.84. The van der Waals surface area contributed by atoms with Crippen LogP contribution in [-0.2, 0) is 16.0 Å². The second kappa shape index (κ2) is 6.28. The van der Waals surface area contributed by atoms with E-state index in [1.807, 2.05) is 31.2 Å². The van der Waals surface area contributed by atoms with Gasteiger partial charge < -0.3 is 9.47 Å². The molecule has 1 unspecified atom stereocenters. The molecule has 0 amide bonds. The molecule has 3 nitrogen and oxygen atoms in total. The third-order valence-corrected chi connectivity index (χ3v) is 2.41. The predicted octanol–water partition coefficient (Wildman–Crippen LogP) is 2.23. The molecule has 0 saturated heterocycles. The van der Waals surface area contributed by atoms with Gasteiger partial charge in [0.05, 0.1) is 7.11 Å². The van der Waals surface area contributed by atoms with Crippen molar-refractivity contribution in [3.8, 4) is 5.75 Å². The normalized spacial score (nSPS) is 12.2. The summed E-state index contributed by atoms with van der Waals surface area (Å²) >= 11 is 0. The summed E-state index contributed by atoms with van der Waals surface area (Å²) in [5.74, 6) is 0.904. The van der Waals surface area contributed by atoms with E-state index in [4.69, 9.17) is 9.47 Å². The van der Waals surface area contributed by atoms with Crippen LogP contribution < -0.4 is 4.74 Å². The molecule has 0 bridgehead atoms. The summed E-state index contributed by atoms with van der Waals surface area (Å²) in [6.45, 7) is 4.24. The molecule has 0 aliphatic heterocycles. The van der Waals surface area contributed by atoms with Gasteiger partial charge in [-0.3, -0.25) is 4.79 Å². The van der Waals surface area contributed by atoms with Crippen LogP contribution in [0.15, 0.2) is 24.3 Å². The third kappa shape index (κ3) is 3.66. The van der Waals surface area contributed by atoms with Gasteiger partial charge in [0.1, 0.15) is 11.9 Å². The first-order chi connectivity index (χ1) is 7.67. The minimum absolute atomic E-state index is 0.104. The van der Waals surface area contributed by atoms with Crippen LogP contribution in [0.5, 0.6) is 5.75 Å². The zero-order valence-corrected chi connectivity index (χ0v) is 10.0. The molecular formula is C13H18O3. The number of carbonyl (C=O) groups is 1. The molecule has 1 rings (SSSR count). The summed E-state index contributed by atoms with van der Waals surface area (Å²) in [5.41, 5.74) is 0.984. The maximum atomic E-state index is 11.7. The SMILES string of the molecule is CCOC(C)C(=O)Cc1ccc(OC)cc1. The first-order valence-corrected chi connectivity index (χ1v) is 5.44. The lowest BCUT2D eigenvalue weighted by Gasteiger charge is -2.10. The number of rotatable bonds is 6. The van der Waals surface area contributed by atoms with E-state index < -0.39 is 0 Å². The number of ketones is 1. The van der Waals surface area contributed by atoms with Gasteiger partial charge in [-0.25, -0.2) is 0 Å². The van der Waals surface area contributed by atoms with Gasteiger partial charge in [-0.15, -0.1) is 0 Å². The maximum absolute atomic E-state index is 11.7. The van der Waals surface area contributed by atoms with Crippen LogP contribution in [-0.4, -0.2) is 25.6 Å². The number of ether oxygens (including phenoxy) is 2. The Hall–Kier alpha value is -1.35. The molecule has 1 aromatic rings. The molecule has 0 fully saturated rings. The van der Waals surface area contributed by atoms with E-state index >= 15 is 0 Å². The molecule has 1 atom stereocenters. The van der Waals surface area contributed by atoms with Crippen LogP contribution in [0.2, 0.25) is 0 Å². The molecule has 16 heavy (non-hydrogen) atoms. The van der Waals surface area contributed by atoms with Gasteiger partial charge in [-0.2, -0.15) is 0 Å². The highest BCUT2D eigenvalue weighted by Crippen LogP contribution is 2.12. The first-order valence-electron chi connectivity index (χ1n) is 5.44. The first kappa shape index (κ1) is 12.7. The van der Waals surface area contributed by atoms with E-state index in [1.165, 1.54) is 0 Å². The van der Waals surface area contributed by atoms with Gasteiger partial charge in [0, 0.05) is 13.0 Å². The molecule has 0 saturated carbocycles. The lowest BCUT2D eigenvalue weighted by Crippen LogP contribution is -2.22. The number of hydrogen-bond donors (Lipinski definition) is 0. The van der Waals surface area contributed by atoms with E-state index in [0.717, 1.165) is 11.3 Å². The van der Waals surface area contributed by atoms with Gasteiger partial charge in [0.25, 0.3) is 0 Å². The van der Waals surface area contributed by atoms with Crippen molar-refractivity contribution >= 4 is 5.78 Å². The fourth-order valence-corrected chi connectivity index (χ4v) is 1.43. The Morgan fingerprint density at radius 2 is 1.94 bits per heavy atom. The summed E-state index contributed by atoms with van der Waals surface area (Å²) in [6, 6.07) is 7.51. The van der Waals surface area contributed by atoms with Crippen LogP contribution >= 0.6 is 0 Å². The number of hydrogen-bond acceptors (Lipinski definition) is 3. The van der Waals surface area contributed by atoms with Crippen LogP contribution in [0, 0.1) is 0 Å². The predicted molar refractivity (Wildman–Crippen MR) is 62.8 cm³/mol. The highest BCUT2D eigenvalue weighted by Gasteiger charge is 2.12. The van der Waals surface area contributed by atoms with Gasteiger partial charge >= 0.3 is 0 Å². The average Bonchev–Trinajstić information content (AvgIpc) is 2.30. The monoisotopic (exact) mass is 222 g/mol. The van der Waals surface area contributed by atoms with Crippen molar-refractivity contribution < 1.29 is 14.3 Å². The van der Waals surface area contributed by atoms with Crippen LogP contribution in [0.4, 0.5) is 0 Å². The lowest BCUT2D eigenvalue weighted by molar-refractivity contribution is -0.128. The topological polar surface area (TPSA) is 35.5 Å². The zero-order chi connectivity index (χ0) is 12.0. The standard InChI is InChI=1S/C13H18O3/c1-4-16-10(2)13(14)9-11-5-7-12(15-3)8-6-11/h5-8,10H,4,9H2,1-3H3. The Kier molecular flexibility index (Phi) is 4.99. The van der Waals surface area contributed by atoms with Crippen molar-refractivity contribution in [1.82, 2.24) is 0 Å². The van der Waals surface area contributed by atoms with Crippen LogP contribution in [0.3, 0.4) is 0 Å². The molecule has 0 radical (unpaired) electrons. The molecule has 88 valence electrons. The van der Waals surface area contributed by atoms with E-state index in [1.54, 1.807) is 14.0 Å². The average molecular weight is 222 g/mol. The Morgan fingerprint density at radius 3 is 2.44 bits per heavy atom. The summed E-state index contributed by atoms with van der Waals surface area (Å²) in [5, 5.41) is 0. The minimum Gasteiger partial charge on any atom is -0.497 e. The van der Waals surface area contributed by atoms with E-state index in [2.05, 4.69) is 0 Å². The number of methoxy groups -OCH3 is 1. The highest BCUT2D eigenvalue weighted by atomic mass is 16.5. The number of carbonyl (C=O) groups excluding carboxylic acids is 1. The fourth-order valence-electron chi connectivity index (χ4n) is 1.43. The zero-order valence-electron chi connectivity index (χ0n) is 10.0.